The van der Waals surface area contributed by atoms with Crippen LogP contribution in [0.3, 0.4) is 0 Å². The smallest absolute Gasteiger partial charge is 0.272 e. The van der Waals surface area contributed by atoms with Crippen molar-refractivity contribution in [2.45, 2.75) is 20.4 Å². The van der Waals surface area contributed by atoms with Gasteiger partial charge in [-0.1, -0.05) is 0 Å². The lowest BCUT2D eigenvalue weighted by atomic mass is 10.2. The van der Waals surface area contributed by atoms with Gasteiger partial charge in [0, 0.05) is 17.7 Å². The van der Waals surface area contributed by atoms with E-state index in [1.165, 1.54) is 12.1 Å². The van der Waals surface area contributed by atoms with Crippen LogP contribution in [0.15, 0.2) is 39.5 Å². The molecule has 0 aliphatic carbocycles. The average molecular weight is 363 g/mol. The second kappa shape index (κ2) is 5.49. The summed E-state index contributed by atoms with van der Waals surface area (Å²) >= 11 is 3.46. The molecule has 0 fully saturated rings. The van der Waals surface area contributed by atoms with Crippen LogP contribution < -0.4 is 4.57 Å². The molecule has 0 spiro atoms. The monoisotopic (exact) mass is 362 g/mol. The SMILES string of the molecule is CC[n+]1cc(Br)cc(-c2nc3cc([N+](=O)[O-])cc(C)c3o2)c1. The summed E-state index contributed by atoms with van der Waals surface area (Å²) in [6.07, 6.45) is 3.89. The van der Waals surface area contributed by atoms with Gasteiger partial charge in [-0.3, -0.25) is 10.1 Å². The van der Waals surface area contributed by atoms with Crippen LogP contribution in [0.5, 0.6) is 0 Å². The first kappa shape index (κ1) is 14.6. The fourth-order valence-corrected chi connectivity index (χ4v) is 2.82. The number of halogens is 1. The molecular weight excluding hydrogens is 350 g/mol. The van der Waals surface area contributed by atoms with Gasteiger partial charge in [0.25, 0.3) is 5.69 Å². The maximum absolute atomic E-state index is 10.9. The highest BCUT2D eigenvalue weighted by atomic mass is 79.9. The Bertz CT molecular complexity index is 889. The van der Waals surface area contributed by atoms with Gasteiger partial charge in [-0.25, -0.2) is 9.55 Å². The lowest BCUT2D eigenvalue weighted by molar-refractivity contribution is -0.693. The fourth-order valence-electron chi connectivity index (χ4n) is 2.31. The maximum Gasteiger partial charge on any atom is 0.272 e. The number of nitrogens with zero attached hydrogens (tertiary/aromatic N) is 3. The number of benzene rings is 1. The van der Waals surface area contributed by atoms with Crippen molar-refractivity contribution in [2.75, 3.05) is 0 Å². The minimum Gasteiger partial charge on any atom is -0.436 e. The Hall–Kier alpha value is -2.28. The molecular formula is C15H13BrN3O3+. The summed E-state index contributed by atoms with van der Waals surface area (Å²) in [5.74, 6) is 0.446. The van der Waals surface area contributed by atoms with Crippen LogP contribution in [-0.4, -0.2) is 9.91 Å². The molecule has 3 aromatic rings. The summed E-state index contributed by atoms with van der Waals surface area (Å²) < 4.78 is 8.72. The number of oxazole rings is 1. The van der Waals surface area contributed by atoms with Gasteiger partial charge >= 0.3 is 0 Å². The van der Waals surface area contributed by atoms with Crippen LogP contribution in [0.4, 0.5) is 5.69 Å². The predicted octanol–water partition coefficient (Wildman–Crippen LogP) is 3.78. The van der Waals surface area contributed by atoms with Crippen molar-refractivity contribution in [3.63, 3.8) is 0 Å². The minimum absolute atomic E-state index is 0.0164. The highest BCUT2D eigenvalue weighted by Crippen LogP contribution is 2.30. The van der Waals surface area contributed by atoms with Crippen molar-refractivity contribution in [2.24, 2.45) is 0 Å². The molecule has 0 N–H and O–H groups in total. The molecule has 2 aromatic heterocycles. The molecule has 22 heavy (non-hydrogen) atoms. The topological polar surface area (TPSA) is 73.0 Å². The number of hydrogen-bond donors (Lipinski definition) is 0. The van der Waals surface area contributed by atoms with Crippen molar-refractivity contribution in [3.05, 3.63) is 50.7 Å². The van der Waals surface area contributed by atoms with Gasteiger partial charge in [0.1, 0.15) is 17.6 Å². The van der Waals surface area contributed by atoms with Crippen molar-refractivity contribution >= 4 is 32.7 Å². The first-order valence-corrected chi connectivity index (χ1v) is 7.53. The minimum atomic E-state index is -0.426. The third-order valence-electron chi connectivity index (χ3n) is 3.37. The molecule has 2 heterocycles. The van der Waals surface area contributed by atoms with E-state index in [0.29, 0.717) is 22.6 Å². The number of aromatic nitrogens is 2. The van der Waals surface area contributed by atoms with Crippen molar-refractivity contribution in [1.82, 2.24) is 4.98 Å². The molecule has 0 saturated heterocycles. The number of nitro benzene ring substituents is 1. The van der Waals surface area contributed by atoms with E-state index < -0.39 is 4.92 Å². The second-order valence-corrected chi connectivity index (χ2v) is 5.88. The molecule has 1 aromatic carbocycles. The number of rotatable bonds is 3. The summed E-state index contributed by atoms with van der Waals surface area (Å²) in [7, 11) is 0. The lowest BCUT2D eigenvalue weighted by Gasteiger charge is -1.97. The summed E-state index contributed by atoms with van der Waals surface area (Å²) in [6.45, 7) is 4.63. The molecule has 0 unspecified atom stereocenters. The van der Waals surface area contributed by atoms with Gasteiger partial charge in [-0.15, -0.1) is 0 Å². The Labute approximate surface area is 134 Å². The summed E-state index contributed by atoms with van der Waals surface area (Å²) in [6, 6.07) is 4.83. The Morgan fingerprint density at radius 1 is 1.36 bits per heavy atom. The first-order valence-electron chi connectivity index (χ1n) is 6.73. The van der Waals surface area contributed by atoms with Crippen LogP contribution >= 0.6 is 15.9 Å². The fraction of sp³-hybridized carbons (Fsp3) is 0.200. The van der Waals surface area contributed by atoms with Gasteiger partial charge in [0.05, 0.1) is 9.40 Å². The van der Waals surface area contributed by atoms with Crippen LogP contribution in [0.2, 0.25) is 0 Å². The van der Waals surface area contributed by atoms with E-state index >= 15 is 0 Å². The normalized spacial score (nSPS) is 11.0. The second-order valence-electron chi connectivity index (χ2n) is 4.96. The number of pyridine rings is 1. The van der Waals surface area contributed by atoms with Crippen LogP contribution in [-0.2, 0) is 6.54 Å². The first-order chi connectivity index (χ1) is 10.5. The van der Waals surface area contributed by atoms with Crippen LogP contribution in [0.1, 0.15) is 12.5 Å². The van der Waals surface area contributed by atoms with E-state index in [9.17, 15) is 10.1 Å². The van der Waals surface area contributed by atoms with Gasteiger partial charge < -0.3 is 4.42 Å². The molecule has 0 bridgehead atoms. The molecule has 0 aliphatic rings. The van der Waals surface area contributed by atoms with Gasteiger partial charge in [-0.2, -0.15) is 0 Å². The standard InChI is InChI=1S/C15H13BrN3O3/c1-3-18-7-10(5-11(16)8-18)15-17-13-6-12(19(20)21)4-9(2)14(13)22-15/h4-8H,3H2,1-2H3/q+1. The molecule has 0 aliphatic heterocycles. The van der Waals surface area contributed by atoms with Gasteiger partial charge in [0.2, 0.25) is 5.89 Å². The van der Waals surface area contributed by atoms with E-state index in [4.69, 9.17) is 4.42 Å². The van der Waals surface area contributed by atoms with Gasteiger partial charge in [-0.05, 0) is 35.8 Å². The largest absolute Gasteiger partial charge is 0.436 e. The van der Waals surface area contributed by atoms with E-state index in [1.54, 1.807) is 6.92 Å². The zero-order chi connectivity index (χ0) is 15.9. The summed E-state index contributed by atoms with van der Waals surface area (Å²) in [5, 5.41) is 10.9. The number of non-ortho nitro benzene ring substituents is 1. The van der Waals surface area contributed by atoms with Crippen LogP contribution in [0, 0.1) is 17.0 Å². The van der Waals surface area contributed by atoms with E-state index in [1.807, 2.05) is 30.0 Å². The van der Waals surface area contributed by atoms with E-state index in [2.05, 4.69) is 20.9 Å². The molecule has 0 saturated carbocycles. The Balaban J connectivity index is 2.18. The molecule has 0 amide bonds. The number of nitro groups is 1. The van der Waals surface area contributed by atoms with Crippen molar-refractivity contribution in [3.8, 4) is 11.5 Å². The molecule has 6 nitrogen and oxygen atoms in total. The average Bonchev–Trinajstić information content (AvgIpc) is 2.91. The third kappa shape index (κ3) is 2.59. The van der Waals surface area contributed by atoms with Gasteiger partial charge in [0.15, 0.2) is 18.0 Å². The predicted molar refractivity (Wildman–Crippen MR) is 84.4 cm³/mol. The Kier molecular flexibility index (Phi) is 3.66. The summed E-state index contributed by atoms with van der Waals surface area (Å²) in [4.78, 5) is 14.9. The van der Waals surface area contributed by atoms with Crippen molar-refractivity contribution < 1.29 is 13.9 Å². The Morgan fingerprint density at radius 3 is 2.82 bits per heavy atom. The van der Waals surface area contributed by atoms with Crippen molar-refractivity contribution in [1.29, 1.82) is 0 Å². The number of hydrogen-bond acceptors (Lipinski definition) is 4. The van der Waals surface area contributed by atoms with E-state index in [0.717, 1.165) is 16.6 Å². The maximum atomic E-state index is 10.9. The zero-order valence-electron chi connectivity index (χ0n) is 12.0. The molecule has 0 atom stereocenters. The highest BCUT2D eigenvalue weighted by Gasteiger charge is 2.17. The number of fused-ring (bicyclic) bond motifs is 1. The molecule has 3 rings (SSSR count). The zero-order valence-corrected chi connectivity index (χ0v) is 13.6. The molecule has 112 valence electrons. The molecule has 0 radical (unpaired) electrons. The Morgan fingerprint density at radius 2 is 2.14 bits per heavy atom. The lowest BCUT2D eigenvalue weighted by Crippen LogP contribution is -2.31. The van der Waals surface area contributed by atoms with Crippen LogP contribution in [0.25, 0.3) is 22.6 Å². The quantitative estimate of drug-likeness (QED) is 0.403. The highest BCUT2D eigenvalue weighted by molar-refractivity contribution is 9.10. The van der Waals surface area contributed by atoms with E-state index in [-0.39, 0.29) is 5.69 Å². The third-order valence-corrected chi connectivity index (χ3v) is 3.80. The number of aryl methyl sites for hydroxylation is 2. The molecule has 7 heteroatoms. The summed E-state index contributed by atoms with van der Waals surface area (Å²) in [5.41, 5.74) is 2.59.